The van der Waals surface area contributed by atoms with Crippen LogP contribution in [0.1, 0.15) is 118 Å². The van der Waals surface area contributed by atoms with E-state index in [2.05, 4.69) is 66.1 Å². The maximum absolute atomic E-state index is 14.5. The quantitative estimate of drug-likeness (QED) is 0.0209. The zero-order valence-electron chi connectivity index (χ0n) is 67.9. The fraction of sp³-hybridized carbons (Fsp3) is 0.118. The van der Waals surface area contributed by atoms with Gasteiger partial charge in [-0.1, -0.05) is 130 Å². The molecule has 0 fully saturated rings. The highest BCUT2D eigenvalue weighted by atomic mass is 32.1. The Balaban J connectivity index is 0.000000133. The van der Waals surface area contributed by atoms with Crippen molar-refractivity contribution in [3.05, 3.63) is 338 Å². The summed E-state index contributed by atoms with van der Waals surface area (Å²) in [4.78, 5) is 135. The number of aromatic nitrogens is 16. The molecule has 0 bridgehead atoms. The average Bonchev–Trinajstić information content (AvgIpc) is 1.18. The van der Waals surface area contributed by atoms with Crippen molar-refractivity contribution in [2.45, 2.75) is 71.6 Å². The minimum atomic E-state index is -0.611. The highest BCUT2D eigenvalue weighted by Crippen LogP contribution is 2.38. The zero-order valence-corrected chi connectivity index (χ0v) is 68.7. The SMILES string of the molecule is CC[C@H](Nc1nccc2[nH]cnc12)c1nc2cccc(-c3ccc(C(=O)NO)cc3)c2c(=O)n1-c1ccccc1.CC[C@H](Nc1nccc2[nH]cnc12)c1nc2cccc(-c3nc4ccc(C(=O)NO)cc4s3)c2c(=O)n1-c1ccccc1.CC[C@H](Nc1nccc2[nH]cnc12)c1nc2cccc(NCc3ccc(C(=O)NO)c(C)c3)c2c(=O)n1-c1ccccc1. The van der Waals surface area contributed by atoms with Crippen LogP contribution in [0, 0.1) is 6.92 Å². The number of H-pyrrole nitrogens is 3. The number of amides is 3. The number of carbonyl (C=O) groups is 3. The molecule has 0 saturated heterocycles. The lowest BCUT2D eigenvalue weighted by atomic mass is 9.99. The molecule has 0 radical (unpaired) electrons. The third-order valence-electron chi connectivity index (χ3n) is 21.6. The van der Waals surface area contributed by atoms with E-state index in [1.165, 1.54) is 11.3 Å². The second-order valence-corrected chi connectivity index (χ2v) is 30.3. The molecule has 626 valence electrons. The first-order chi connectivity index (χ1) is 61.6. The number of benzene rings is 9. The van der Waals surface area contributed by atoms with E-state index in [4.69, 9.17) is 35.6 Å². The number of hydroxylamine groups is 3. The molecule has 0 unspecified atom stereocenters. The summed E-state index contributed by atoms with van der Waals surface area (Å²) in [5.41, 5.74) is 18.7. The number of fused-ring (bicyclic) bond motifs is 7. The number of aryl methyl sites for hydroxylation is 1. The van der Waals surface area contributed by atoms with Gasteiger partial charge >= 0.3 is 0 Å². The molecular formula is C93H79N23O9S. The van der Waals surface area contributed by atoms with Crippen LogP contribution in [0.2, 0.25) is 0 Å². The Morgan fingerprint density at radius 2 is 0.833 bits per heavy atom. The van der Waals surface area contributed by atoms with Gasteiger partial charge in [0, 0.05) is 53.1 Å². The molecule has 0 aliphatic rings. The normalized spacial score (nSPS) is 12.0. The number of para-hydroxylation sites is 3. The molecule has 126 heavy (non-hydrogen) atoms. The van der Waals surface area contributed by atoms with Gasteiger partial charge in [0.15, 0.2) is 17.5 Å². The van der Waals surface area contributed by atoms with Gasteiger partial charge in [0.2, 0.25) is 0 Å². The van der Waals surface area contributed by atoms with Crippen LogP contribution in [0.15, 0.2) is 276 Å². The number of pyridine rings is 3. The first-order valence-electron chi connectivity index (χ1n) is 40.3. The summed E-state index contributed by atoms with van der Waals surface area (Å²) in [6, 6.07) is 66.5. The molecule has 0 spiro atoms. The fourth-order valence-electron chi connectivity index (χ4n) is 15.4. The van der Waals surface area contributed by atoms with Crippen LogP contribution >= 0.6 is 11.3 Å². The van der Waals surface area contributed by atoms with Crippen LogP contribution in [-0.2, 0) is 6.54 Å². The number of nitrogens with zero attached hydrogens (tertiary/aromatic N) is 13. The molecule has 19 aromatic rings. The summed E-state index contributed by atoms with van der Waals surface area (Å²) in [6.45, 7) is 8.29. The molecule has 10 heterocycles. The number of aromatic amines is 3. The summed E-state index contributed by atoms with van der Waals surface area (Å²) >= 11 is 1.36. The van der Waals surface area contributed by atoms with Gasteiger partial charge in [-0.05, 0) is 164 Å². The van der Waals surface area contributed by atoms with Gasteiger partial charge < -0.3 is 36.2 Å². The summed E-state index contributed by atoms with van der Waals surface area (Å²) < 4.78 is 5.70. The number of imidazole rings is 3. The first kappa shape index (κ1) is 82.0. The standard InChI is InChI=1S/C32H30N8O3.C31H24N8O3S.C30H25N7O3/c1-3-23(37-29-28-26(14-15-33-29)35-18-36-28)30-38-25-11-7-10-24(27(25)32(42)40(30)21-8-5-4-6-9-21)34-17-20-12-13-22(19(2)16-20)31(41)39-43;1-2-20(35-27-26-23(13-14-32-27)33-16-34-26)28-36-22-10-6-9-19(25(22)31(41)39(28)18-7-4-3-5-8-18)30-37-21-12-11-17(29(40)38-42)15-24(21)43-30;1-2-22(34-27-26-24(15-16-31-27)32-17-33-26)28-35-23-10-6-9-21(18-11-13-19(14-12-18)29(38)36-40)25(23)30(39)37(28)20-7-4-3-5-8-20/h4-16,18,23,34,43H,3,17H2,1-2H3,(H,33,37)(H,35,36)(H,39,41);3-16,20,42H,2H2,1H3,(H,32,35)(H,33,34)(H,38,40);3-17,22,40H,2H2,1H3,(H,31,34)(H,32,33)(H,36,38)/t23-;20-;22-/m000/s1. The van der Waals surface area contributed by atoms with Crippen molar-refractivity contribution in [2.75, 3.05) is 21.3 Å². The molecule has 9 aromatic carbocycles. The fourth-order valence-corrected chi connectivity index (χ4v) is 16.4. The molecule has 0 aliphatic carbocycles. The highest BCUT2D eigenvalue weighted by Gasteiger charge is 2.29. The number of hydrogen-bond donors (Lipinski definition) is 13. The van der Waals surface area contributed by atoms with Crippen LogP contribution in [0.5, 0.6) is 0 Å². The van der Waals surface area contributed by atoms with E-state index in [1.807, 2.05) is 191 Å². The van der Waals surface area contributed by atoms with Crippen LogP contribution < -0.4 is 54.4 Å². The largest absolute Gasteiger partial charge is 0.380 e. The number of rotatable bonds is 23. The lowest BCUT2D eigenvalue weighted by Crippen LogP contribution is -2.28. The van der Waals surface area contributed by atoms with Gasteiger partial charge in [-0.15, -0.1) is 11.3 Å². The summed E-state index contributed by atoms with van der Waals surface area (Å²) in [7, 11) is 0. The number of hydrogen-bond acceptors (Lipinski definition) is 24. The molecule has 3 amide bonds. The second kappa shape index (κ2) is 36.1. The molecule has 32 nitrogen and oxygen atoms in total. The molecule has 13 N–H and O–H groups in total. The predicted molar refractivity (Wildman–Crippen MR) is 484 cm³/mol. The Kier molecular flexibility index (Phi) is 23.5. The highest BCUT2D eigenvalue weighted by molar-refractivity contribution is 7.21. The summed E-state index contributed by atoms with van der Waals surface area (Å²) in [6.07, 6.45) is 11.9. The van der Waals surface area contributed by atoms with Gasteiger partial charge in [-0.25, -0.2) is 66.3 Å². The van der Waals surface area contributed by atoms with Crippen molar-refractivity contribution >= 4 is 128 Å². The Morgan fingerprint density at radius 1 is 0.413 bits per heavy atom. The maximum atomic E-state index is 14.5. The van der Waals surface area contributed by atoms with Crippen molar-refractivity contribution in [2.24, 2.45) is 0 Å². The van der Waals surface area contributed by atoms with Gasteiger partial charge in [0.1, 0.15) is 39.0 Å². The molecule has 0 aliphatic heterocycles. The molecule has 10 aromatic heterocycles. The first-order valence-corrected chi connectivity index (χ1v) is 41.1. The topological polar surface area (TPSA) is 438 Å². The van der Waals surface area contributed by atoms with Crippen LogP contribution in [-0.4, -0.2) is 112 Å². The Hall–Kier alpha value is -16.4. The van der Waals surface area contributed by atoms with E-state index in [-0.39, 0.29) is 34.8 Å². The monoisotopic (exact) mass is 1690 g/mol. The van der Waals surface area contributed by atoms with Gasteiger partial charge in [0.25, 0.3) is 34.4 Å². The molecular weight excluding hydrogens is 1620 g/mol. The average molecular weight is 1690 g/mol. The molecule has 3 atom stereocenters. The number of anilines is 4. The van der Waals surface area contributed by atoms with Gasteiger partial charge in [-0.3, -0.25) is 58.1 Å². The number of nitrogens with one attached hydrogen (secondary N) is 10. The van der Waals surface area contributed by atoms with Crippen LogP contribution in [0.25, 0.3) is 115 Å². The van der Waals surface area contributed by atoms with Crippen LogP contribution in [0.3, 0.4) is 0 Å². The van der Waals surface area contributed by atoms with Crippen molar-refractivity contribution in [3.63, 3.8) is 0 Å². The molecule has 19 rings (SSSR count). The lowest BCUT2D eigenvalue weighted by Gasteiger charge is -2.23. The third-order valence-corrected chi connectivity index (χ3v) is 22.6. The minimum Gasteiger partial charge on any atom is -0.380 e. The van der Waals surface area contributed by atoms with E-state index in [0.29, 0.717) is 171 Å². The smallest absolute Gasteiger partial charge is 0.274 e. The Morgan fingerprint density at radius 3 is 1.29 bits per heavy atom. The molecule has 0 saturated carbocycles. The number of carbonyl (C=O) groups excluding carboxylic acids is 3. The van der Waals surface area contributed by atoms with Crippen molar-refractivity contribution in [1.29, 1.82) is 0 Å². The van der Waals surface area contributed by atoms with Crippen LogP contribution in [0.4, 0.5) is 23.1 Å². The van der Waals surface area contributed by atoms with Gasteiger partial charge in [0.05, 0.1) is 114 Å². The zero-order chi connectivity index (χ0) is 87.1. The van der Waals surface area contributed by atoms with E-state index in [0.717, 1.165) is 37.9 Å². The van der Waals surface area contributed by atoms with E-state index in [9.17, 15) is 28.8 Å². The predicted octanol–water partition coefficient (Wildman–Crippen LogP) is 15.9. The summed E-state index contributed by atoms with van der Waals surface area (Å²) in [5.74, 6) is 1.67. The Bertz CT molecular complexity index is 7510. The maximum Gasteiger partial charge on any atom is 0.274 e. The van der Waals surface area contributed by atoms with Crippen molar-refractivity contribution in [3.8, 4) is 38.8 Å². The van der Waals surface area contributed by atoms with E-state index in [1.54, 1.807) is 129 Å². The van der Waals surface area contributed by atoms with E-state index >= 15 is 0 Å². The van der Waals surface area contributed by atoms with E-state index < -0.39 is 17.7 Å². The third kappa shape index (κ3) is 16.2. The van der Waals surface area contributed by atoms with Gasteiger partial charge in [-0.2, -0.15) is 0 Å². The Labute approximate surface area is 719 Å². The van der Waals surface area contributed by atoms with Crippen molar-refractivity contribution in [1.82, 2.24) is 94.9 Å². The lowest BCUT2D eigenvalue weighted by molar-refractivity contribution is 0.0701. The minimum absolute atomic E-state index is 0.202. The second-order valence-electron chi connectivity index (χ2n) is 29.2. The molecule has 33 heteroatoms. The number of thiazole rings is 1. The van der Waals surface area contributed by atoms with Crippen molar-refractivity contribution < 1.29 is 30.0 Å². The summed E-state index contributed by atoms with van der Waals surface area (Å²) in [5, 5.41) is 42.8.